The third-order valence-corrected chi connectivity index (χ3v) is 4.85. The van der Waals surface area contributed by atoms with Crippen molar-refractivity contribution in [2.45, 2.75) is 5.75 Å². The Labute approximate surface area is 126 Å². The van der Waals surface area contributed by atoms with Gasteiger partial charge >= 0.3 is 0 Å². The van der Waals surface area contributed by atoms with Crippen LogP contribution in [0.15, 0.2) is 24.3 Å². The predicted molar refractivity (Wildman–Crippen MR) is 84.0 cm³/mol. The average molecular weight is 388 g/mol. The molecular weight excluding hydrogens is 379 g/mol. The molecule has 0 fully saturated rings. The minimum Gasteiger partial charge on any atom is -0.186 e. The smallest absolute Gasteiger partial charge is 0.186 e. The van der Waals surface area contributed by atoms with Gasteiger partial charge in [-0.3, -0.25) is 0 Å². The number of thioether (sulfide) groups is 1. The van der Waals surface area contributed by atoms with E-state index >= 15 is 0 Å². The summed E-state index contributed by atoms with van der Waals surface area (Å²) < 4.78 is 3.05. The number of aromatic nitrogens is 4. The molecular formula is C11H9IN4S2. The molecule has 18 heavy (non-hydrogen) atoms. The van der Waals surface area contributed by atoms with Crippen molar-refractivity contribution in [2.24, 2.45) is 0 Å². The van der Waals surface area contributed by atoms with Gasteiger partial charge in [0.1, 0.15) is 5.01 Å². The van der Waals surface area contributed by atoms with Crippen LogP contribution in [0, 0.1) is 3.57 Å². The van der Waals surface area contributed by atoms with Crippen LogP contribution in [0.4, 0.5) is 0 Å². The summed E-state index contributed by atoms with van der Waals surface area (Å²) in [5.41, 5.74) is 1.16. The molecule has 3 rings (SSSR count). The number of fused-ring (bicyclic) bond motifs is 1. The van der Waals surface area contributed by atoms with Crippen molar-refractivity contribution in [2.75, 3.05) is 6.26 Å². The molecule has 0 atom stereocenters. The molecule has 0 saturated heterocycles. The lowest BCUT2D eigenvalue weighted by Gasteiger charge is -1.98. The van der Waals surface area contributed by atoms with E-state index in [-0.39, 0.29) is 0 Å². The van der Waals surface area contributed by atoms with Gasteiger partial charge in [0.15, 0.2) is 5.82 Å². The highest BCUT2D eigenvalue weighted by Crippen LogP contribution is 2.29. The summed E-state index contributed by atoms with van der Waals surface area (Å²) in [5, 5.41) is 13.9. The maximum Gasteiger partial charge on any atom is 0.235 e. The molecule has 0 spiro atoms. The molecule has 0 aliphatic carbocycles. The van der Waals surface area contributed by atoms with E-state index in [0.29, 0.717) is 0 Å². The van der Waals surface area contributed by atoms with Gasteiger partial charge in [-0.2, -0.15) is 21.4 Å². The first-order valence-electron chi connectivity index (χ1n) is 5.24. The van der Waals surface area contributed by atoms with Crippen LogP contribution in [0.25, 0.3) is 15.5 Å². The first-order chi connectivity index (χ1) is 8.79. The Bertz CT molecular complexity index is 691. The Morgan fingerprint density at radius 3 is 2.94 bits per heavy atom. The maximum atomic E-state index is 4.61. The van der Waals surface area contributed by atoms with Crippen LogP contribution < -0.4 is 0 Å². The first-order valence-corrected chi connectivity index (χ1v) is 8.53. The van der Waals surface area contributed by atoms with Crippen molar-refractivity contribution in [3.63, 3.8) is 0 Å². The fourth-order valence-corrected chi connectivity index (χ4v) is 3.78. The molecule has 0 bridgehead atoms. The Kier molecular flexibility index (Phi) is 3.53. The van der Waals surface area contributed by atoms with Crippen molar-refractivity contribution < 1.29 is 0 Å². The van der Waals surface area contributed by atoms with E-state index in [1.807, 2.05) is 16.6 Å². The highest BCUT2D eigenvalue weighted by atomic mass is 127. The Morgan fingerprint density at radius 1 is 1.33 bits per heavy atom. The Hall–Kier alpha value is -0.670. The van der Waals surface area contributed by atoms with Gasteiger partial charge < -0.3 is 0 Å². The molecule has 2 heterocycles. The molecule has 0 aliphatic rings. The van der Waals surface area contributed by atoms with Crippen molar-refractivity contribution in [1.82, 2.24) is 19.8 Å². The molecule has 0 radical (unpaired) electrons. The van der Waals surface area contributed by atoms with Gasteiger partial charge in [0.25, 0.3) is 0 Å². The van der Waals surface area contributed by atoms with E-state index in [1.54, 1.807) is 23.1 Å². The fraction of sp³-hybridized carbons (Fsp3) is 0.182. The fourth-order valence-electron chi connectivity index (χ4n) is 1.62. The summed E-state index contributed by atoms with van der Waals surface area (Å²) in [4.78, 5) is 0.855. The summed E-state index contributed by atoms with van der Waals surface area (Å²) in [7, 11) is 0. The summed E-state index contributed by atoms with van der Waals surface area (Å²) in [6, 6.07) is 8.23. The van der Waals surface area contributed by atoms with Gasteiger partial charge in [0.2, 0.25) is 4.96 Å². The van der Waals surface area contributed by atoms with E-state index in [9.17, 15) is 0 Å². The van der Waals surface area contributed by atoms with Crippen molar-refractivity contribution in [1.29, 1.82) is 0 Å². The van der Waals surface area contributed by atoms with E-state index in [2.05, 4.69) is 56.3 Å². The zero-order valence-corrected chi connectivity index (χ0v) is 13.3. The van der Waals surface area contributed by atoms with Gasteiger partial charge in [-0.25, -0.2) is 0 Å². The molecule has 7 heteroatoms. The zero-order chi connectivity index (χ0) is 12.5. The van der Waals surface area contributed by atoms with Crippen LogP contribution in [0.3, 0.4) is 0 Å². The van der Waals surface area contributed by atoms with E-state index in [4.69, 9.17) is 0 Å². The molecule has 4 nitrogen and oxygen atoms in total. The predicted octanol–water partition coefficient (Wildman–Crippen LogP) is 3.32. The lowest BCUT2D eigenvalue weighted by atomic mass is 10.2. The molecule has 1 aromatic carbocycles. The van der Waals surface area contributed by atoms with E-state index < -0.39 is 0 Å². The molecule has 0 unspecified atom stereocenters. The lowest BCUT2D eigenvalue weighted by Crippen LogP contribution is -1.93. The van der Waals surface area contributed by atoms with Crippen LogP contribution in [-0.4, -0.2) is 26.1 Å². The number of hydrogen-bond donors (Lipinski definition) is 0. The highest BCUT2D eigenvalue weighted by molar-refractivity contribution is 14.1. The molecule has 0 amide bonds. The summed E-state index contributed by atoms with van der Waals surface area (Å²) >= 11 is 5.63. The molecule has 92 valence electrons. The number of rotatable bonds is 3. The average Bonchev–Trinajstić information content (AvgIpc) is 2.92. The second kappa shape index (κ2) is 5.14. The van der Waals surface area contributed by atoms with E-state index in [1.165, 1.54) is 3.57 Å². The Morgan fingerprint density at radius 2 is 2.17 bits per heavy atom. The van der Waals surface area contributed by atoms with Crippen molar-refractivity contribution in [3.05, 3.63) is 33.7 Å². The standard InChI is InChI=1S/C11H9IN4S2/c1-17-6-9-13-14-11-16(9)15-10(18-11)7-4-2-3-5-8(7)12/h2-5H,6H2,1H3. The second-order valence-corrected chi connectivity index (χ2v) is 6.61. The normalized spacial score (nSPS) is 11.2. The van der Waals surface area contributed by atoms with Gasteiger partial charge in [-0.1, -0.05) is 29.5 Å². The summed E-state index contributed by atoms with van der Waals surface area (Å²) in [6.07, 6.45) is 2.05. The van der Waals surface area contributed by atoms with Crippen LogP contribution in [0.2, 0.25) is 0 Å². The molecule has 3 aromatic rings. The zero-order valence-electron chi connectivity index (χ0n) is 9.50. The minimum absolute atomic E-state index is 0.830. The molecule has 0 aliphatic heterocycles. The summed E-state index contributed by atoms with van der Waals surface area (Å²) in [6.45, 7) is 0. The second-order valence-electron chi connectivity index (χ2n) is 3.63. The highest BCUT2D eigenvalue weighted by Gasteiger charge is 2.13. The van der Waals surface area contributed by atoms with Crippen LogP contribution in [-0.2, 0) is 5.75 Å². The lowest BCUT2D eigenvalue weighted by molar-refractivity contribution is 0.888. The van der Waals surface area contributed by atoms with Crippen LogP contribution in [0.5, 0.6) is 0 Å². The number of nitrogens with zero attached hydrogens (tertiary/aromatic N) is 4. The largest absolute Gasteiger partial charge is 0.235 e. The SMILES string of the molecule is CSCc1nnc2sc(-c3ccccc3I)nn12. The van der Waals surface area contributed by atoms with Crippen LogP contribution in [0.1, 0.15) is 5.82 Å². The van der Waals surface area contributed by atoms with Crippen molar-refractivity contribution >= 4 is 50.7 Å². The van der Waals surface area contributed by atoms with E-state index in [0.717, 1.165) is 27.1 Å². The third kappa shape index (κ3) is 2.14. The molecule has 0 N–H and O–H groups in total. The number of halogens is 1. The topological polar surface area (TPSA) is 43.1 Å². The molecule has 2 aromatic heterocycles. The van der Waals surface area contributed by atoms with Gasteiger partial charge in [0, 0.05) is 9.13 Å². The number of hydrogen-bond acceptors (Lipinski definition) is 5. The minimum atomic E-state index is 0.830. The van der Waals surface area contributed by atoms with Crippen LogP contribution >= 0.6 is 45.7 Å². The molecule has 0 saturated carbocycles. The Balaban J connectivity index is 2.11. The maximum absolute atomic E-state index is 4.61. The van der Waals surface area contributed by atoms with Gasteiger partial charge in [-0.15, -0.1) is 10.2 Å². The summed E-state index contributed by atoms with van der Waals surface area (Å²) in [5.74, 6) is 1.74. The third-order valence-electron chi connectivity index (χ3n) is 2.43. The quantitative estimate of drug-likeness (QED) is 0.646. The van der Waals surface area contributed by atoms with Gasteiger partial charge in [-0.05, 0) is 34.9 Å². The van der Waals surface area contributed by atoms with Crippen molar-refractivity contribution in [3.8, 4) is 10.6 Å². The first kappa shape index (κ1) is 12.4. The van der Waals surface area contributed by atoms with Gasteiger partial charge in [0.05, 0.1) is 5.75 Å². The monoisotopic (exact) mass is 388 g/mol. The number of benzene rings is 1.